The molecule has 140 valence electrons. The summed E-state index contributed by atoms with van der Waals surface area (Å²) in [4.78, 5) is 4.59. The van der Waals surface area contributed by atoms with Crippen LogP contribution in [-0.2, 0) is 10.0 Å². The number of aryl methyl sites for hydroxylation is 1. The number of nitrogens with zero attached hydrogens (tertiary/aromatic N) is 3. The second-order valence-corrected chi connectivity index (χ2v) is 9.04. The van der Waals surface area contributed by atoms with E-state index in [1.54, 1.807) is 12.1 Å². The zero-order valence-electron chi connectivity index (χ0n) is 15.3. The third-order valence-electron chi connectivity index (χ3n) is 4.61. The van der Waals surface area contributed by atoms with E-state index >= 15 is 0 Å². The highest BCUT2D eigenvalue weighted by atomic mass is 35.5. The highest BCUT2D eigenvalue weighted by Gasteiger charge is 2.31. The third-order valence-corrected chi connectivity index (χ3v) is 6.83. The average molecular weight is 394 g/mol. The largest absolute Gasteiger partial charge is 0.367 e. The Morgan fingerprint density at radius 1 is 1.08 bits per heavy atom. The minimum Gasteiger partial charge on any atom is -0.367 e. The molecule has 3 rings (SSSR count). The lowest BCUT2D eigenvalue weighted by Gasteiger charge is -2.38. The van der Waals surface area contributed by atoms with Crippen molar-refractivity contribution in [3.63, 3.8) is 0 Å². The molecule has 0 bridgehead atoms. The molecule has 0 aromatic heterocycles. The number of likely N-dealkylation sites (N-methyl/N-ethyl adjacent to an activating group) is 1. The number of rotatable bonds is 5. The number of halogens is 1. The van der Waals surface area contributed by atoms with Crippen LogP contribution in [-0.4, -0.2) is 53.6 Å². The van der Waals surface area contributed by atoms with E-state index in [-0.39, 0.29) is 4.90 Å². The van der Waals surface area contributed by atoms with Crippen molar-refractivity contribution in [3.05, 3.63) is 53.1 Å². The molecule has 1 heterocycles. The number of hydrogen-bond acceptors (Lipinski definition) is 4. The number of fused-ring (bicyclic) bond motifs is 1. The number of hydrogen-bond donors (Lipinski definition) is 0. The van der Waals surface area contributed by atoms with E-state index in [1.807, 2.05) is 45.3 Å². The molecule has 0 fully saturated rings. The second kappa shape index (κ2) is 7.47. The Morgan fingerprint density at radius 2 is 1.77 bits per heavy atom. The molecule has 2 aromatic rings. The van der Waals surface area contributed by atoms with Crippen LogP contribution in [0.1, 0.15) is 5.56 Å². The molecule has 7 heteroatoms. The lowest BCUT2D eigenvalue weighted by atomic mass is 10.2. The average Bonchev–Trinajstić information content (AvgIpc) is 2.61. The monoisotopic (exact) mass is 393 g/mol. The van der Waals surface area contributed by atoms with Gasteiger partial charge >= 0.3 is 0 Å². The molecule has 1 aliphatic heterocycles. The Morgan fingerprint density at radius 3 is 2.42 bits per heavy atom. The van der Waals surface area contributed by atoms with E-state index in [0.717, 1.165) is 24.3 Å². The Kier molecular flexibility index (Phi) is 5.46. The van der Waals surface area contributed by atoms with Crippen molar-refractivity contribution in [2.75, 3.05) is 49.5 Å². The minimum atomic E-state index is -3.66. The third kappa shape index (κ3) is 3.68. The summed E-state index contributed by atoms with van der Waals surface area (Å²) in [6.07, 6.45) is 0. The van der Waals surface area contributed by atoms with Crippen LogP contribution < -0.4 is 9.21 Å². The van der Waals surface area contributed by atoms with Crippen molar-refractivity contribution in [2.24, 2.45) is 0 Å². The molecule has 0 amide bonds. The molecule has 0 unspecified atom stereocenters. The van der Waals surface area contributed by atoms with Crippen LogP contribution in [0.5, 0.6) is 0 Å². The van der Waals surface area contributed by atoms with Crippen LogP contribution in [0.2, 0.25) is 5.02 Å². The number of anilines is 2. The first-order valence-electron chi connectivity index (χ1n) is 8.58. The van der Waals surface area contributed by atoms with Gasteiger partial charge in [0.05, 0.1) is 22.8 Å². The predicted molar refractivity (Wildman–Crippen MR) is 108 cm³/mol. The molecular formula is C19H24ClN3O2S. The Bertz CT molecular complexity index is 899. The van der Waals surface area contributed by atoms with Gasteiger partial charge in [0.15, 0.2) is 0 Å². The molecule has 0 aliphatic carbocycles. The summed E-state index contributed by atoms with van der Waals surface area (Å²) >= 11 is 6.16. The van der Waals surface area contributed by atoms with Gasteiger partial charge in [0.2, 0.25) is 0 Å². The minimum absolute atomic E-state index is 0.227. The maximum Gasteiger partial charge on any atom is 0.264 e. The zero-order valence-corrected chi connectivity index (χ0v) is 16.9. The smallest absolute Gasteiger partial charge is 0.264 e. The van der Waals surface area contributed by atoms with E-state index in [1.165, 1.54) is 10.4 Å². The van der Waals surface area contributed by atoms with E-state index in [4.69, 9.17) is 11.6 Å². The highest BCUT2D eigenvalue weighted by molar-refractivity contribution is 7.92. The zero-order chi connectivity index (χ0) is 18.9. The lowest BCUT2D eigenvalue weighted by Crippen LogP contribution is -2.45. The summed E-state index contributed by atoms with van der Waals surface area (Å²) in [5.74, 6) is 0. The van der Waals surface area contributed by atoms with Crippen LogP contribution in [0, 0.1) is 6.92 Å². The van der Waals surface area contributed by atoms with Crippen molar-refractivity contribution in [1.82, 2.24) is 4.90 Å². The summed E-state index contributed by atoms with van der Waals surface area (Å²) in [6.45, 7) is 4.70. The maximum absolute atomic E-state index is 13.2. The van der Waals surface area contributed by atoms with Crippen LogP contribution in [0.4, 0.5) is 11.4 Å². The number of para-hydroxylation sites is 2. The molecule has 5 nitrogen and oxygen atoms in total. The van der Waals surface area contributed by atoms with Gasteiger partial charge in [-0.15, -0.1) is 0 Å². The van der Waals surface area contributed by atoms with Gasteiger partial charge in [0.1, 0.15) is 0 Å². The molecular weight excluding hydrogens is 370 g/mol. The fourth-order valence-electron chi connectivity index (χ4n) is 3.06. The Labute approximate surface area is 160 Å². The highest BCUT2D eigenvalue weighted by Crippen LogP contribution is 2.36. The van der Waals surface area contributed by atoms with Gasteiger partial charge < -0.3 is 9.80 Å². The fourth-order valence-corrected chi connectivity index (χ4v) is 4.80. The molecule has 0 spiro atoms. The molecule has 0 atom stereocenters. The molecule has 26 heavy (non-hydrogen) atoms. The van der Waals surface area contributed by atoms with Gasteiger partial charge in [-0.05, 0) is 50.8 Å². The summed E-state index contributed by atoms with van der Waals surface area (Å²) in [5, 5.41) is 0.462. The summed E-state index contributed by atoms with van der Waals surface area (Å²) in [7, 11) is 0.413. The maximum atomic E-state index is 13.2. The first-order valence-corrected chi connectivity index (χ1v) is 10.4. The quantitative estimate of drug-likeness (QED) is 0.782. The van der Waals surface area contributed by atoms with Crippen molar-refractivity contribution >= 4 is 33.0 Å². The van der Waals surface area contributed by atoms with Crippen LogP contribution in [0.15, 0.2) is 47.4 Å². The Hall–Kier alpha value is -1.76. The lowest BCUT2D eigenvalue weighted by molar-refractivity contribution is 0.413. The topological polar surface area (TPSA) is 43.9 Å². The number of benzene rings is 2. The van der Waals surface area contributed by atoms with Gasteiger partial charge in [0.25, 0.3) is 10.0 Å². The van der Waals surface area contributed by atoms with Crippen LogP contribution in [0.3, 0.4) is 0 Å². The van der Waals surface area contributed by atoms with E-state index in [0.29, 0.717) is 23.8 Å². The van der Waals surface area contributed by atoms with Crippen LogP contribution in [0.25, 0.3) is 0 Å². The van der Waals surface area contributed by atoms with Crippen molar-refractivity contribution < 1.29 is 8.42 Å². The van der Waals surface area contributed by atoms with E-state index in [9.17, 15) is 8.42 Å². The normalized spacial score (nSPS) is 14.7. The molecule has 1 aliphatic rings. The van der Waals surface area contributed by atoms with E-state index in [2.05, 4.69) is 9.80 Å². The summed E-state index contributed by atoms with van der Waals surface area (Å²) in [5.41, 5.74) is 2.52. The molecule has 0 N–H and O–H groups in total. The first-order chi connectivity index (χ1) is 12.3. The van der Waals surface area contributed by atoms with Crippen molar-refractivity contribution in [2.45, 2.75) is 11.8 Å². The molecule has 0 saturated carbocycles. The van der Waals surface area contributed by atoms with E-state index < -0.39 is 10.0 Å². The first kappa shape index (κ1) is 19.0. The van der Waals surface area contributed by atoms with Gasteiger partial charge in [-0.25, -0.2) is 8.42 Å². The molecule has 2 aromatic carbocycles. The molecule has 0 radical (unpaired) electrons. The van der Waals surface area contributed by atoms with Gasteiger partial charge in [-0.2, -0.15) is 0 Å². The summed E-state index contributed by atoms with van der Waals surface area (Å²) < 4.78 is 27.9. The van der Waals surface area contributed by atoms with Crippen molar-refractivity contribution in [3.8, 4) is 0 Å². The second-order valence-electron chi connectivity index (χ2n) is 6.77. The number of sulfonamides is 1. The fraction of sp³-hybridized carbons (Fsp3) is 0.368. The van der Waals surface area contributed by atoms with Gasteiger partial charge in [-0.1, -0.05) is 29.8 Å². The van der Waals surface area contributed by atoms with Gasteiger partial charge in [-0.3, -0.25) is 4.31 Å². The molecule has 0 saturated heterocycles. The van der Waals surface area contributed by atoms with Crippen LogP contribution >= 0.6 is 11.6 Å². The standard InChI is InChI=1S/C19H24ClN3O2S/c1-15-8-9-16(14-17(15)20)26(24,25)23-13-12-22(11-10-21(2)3)18-6-4-5-7-19(18)23/h4-9,14H,10-13H2,1-3H3. The van der Waals surface area contributed by atoms with Gasteiger partial charge in [0, 0.05) is 24.7 Å². The summed E-state index contributed by atoms with van der Waals surface area (Å²) in [6, 6.07) is 12.6. The van der Waals surface area contributed by atoms with Crippen molar-refractivity contribution in [1.29, 1.82) is 0 Å². The predicted octanol–water partition coefficient (Wildman–Crippen LogP) is 3.23. The SMILES string of the molecule is Cc1ccc(S(=O)(=O)N2CCN(CCN(C)C)c3ccccc32)cc1Cl. The Balaban J connectivity index is 1.97.